The van der Waals surface area contributed by atoms with Crippen LogP contribution in [0.25, 0.3) is 0 Å². The number of piperidine rings is 1. The summed E-state index contributed by atoms with van der Waals surface area (Å²) in [5, 5.41) is 7.66. The first-order chi connectivity index (χ1) is 14.3. The summed E-state index contributed by atoms with van der Waals surface area (Å²) in [4.78, 5) is 13.1. The van der Waals surface area contributed by atoms with Crippen LogP contribution in [0.2, 0.25) is 10.0 Å². The number of hydrogen-bond acceptors (Lipinski definition) is 3. The van der Waals surface area contributed by atoms with Gasteiger partial charge in [-0.1, -0.05) is 35.3 Å². The lowest BCUT2D eigenvalue weighted by atomic mass is 10.0. The van der Waals surface area contributed by atoms with Gasteiger partial charge in [-0.2, -0.15) is 10.5 Å². The Kier molecular flexibility index (Phi) is 6.58. The third-order valence-electron chi connectivity index (χ3n) is 5.76. The third kappa shape index (κ3) is 4.77. The molecule has 2 aromatic rings. The van der Waals surface area contributed by atoms with E-state index >= 15 is 0 Å². The lowest BCUT2D eigenvalue weighted by Gasteiger charge is -2.36. The molecule has 30 heavy (non-hydrogen) atoms. The lowest BCUT2D eigenvalue weighted by molar-refractivity contribution is -0.947. The highest BCUT2D eigenvalue weighted by Crippen LogP contribution is 2.39. The fraction of sp³-hybridized carbons (Fsp3) is 0.364. The zero-order chi connectivity index (χ0) is 21.3. The number of hydrazone groups is 1. The highest BCUT2D eigenvalue weighted by atomic mass is 127. The summed E-state index contributed by atoms with van der Waals surface area (Å²) in [6.07, 6.45) is 4.00. The molecule has 0 saturated carbocycles. The maximum absolute atomic E-state index is 13.1. The summed E-state index contributed by atoms with van der Waals surface area (Å²) in [5.41, 5.74) is 5.55. The van der Waals surface area contributed by atoms with Gasteiger partial charge < -0.3 is 0 Å². The molecule has 2 heterocycles. The third-order valence-corrected chi connectivity index (χ3v) is 7.02. The first kappa shape index (κ1) is 21.9. The van der Waals surface area contributed by atoms with Crippen LogP contribution in [0.3, 0.4) is 0 Å². The van der Waals surface area contributed by atoms with Crippen molar-refractivity contribution in [1.82, 2.24) is 5.43 Å². The number of benzene rings is 2. The van der Waals surface area contributed by atoms with Crippen molar-refractivity contribution in [2.45, 2.75) is 31.7 Å². The molecule has 1 N–H and O–H groups in total. The zero-order valence-electron chi connectivity index (χ0n) is 16.7. The number of nitrogens with one attached hydrogen (secondary N) is 1. The molecule has 0 aliphatic carbocycles. The molecule has 1 saturated heterocycles. The Balaban J connectivity index is 1.64. The summed E-state index contributed by atoms with van der Waals surface area (Å²) in [6.45, 7) is 1.90. The van der Waals surface area contributed by atoms with Gasteiger partial charge in [-0.3, -0.25) is 9.80 Å². The van der Waals surface area contributed by atoms with Gasteiger partial charge in [-0.05, 0) is 77.7 Å². The number of nitrogens with zero attached hydrogens (tertiary/aromatic N) is 3. The van der Waals surface area contributed by atoms with E-state index in [9.17, 15) is 4.79 Å². The number of carbonyl (C=O) groups excluding carboxylic acids is 1. The van der Waals surface area contributed by atoms with Crippen LogP contribution in [0.1, 0.15) is 37.3 Å². The molecule has 2 aliphatic heterocycles. The molecule has 1 atom stereocenters. The average molecular weight is 558 g/mol. The van der Waals surface area contributed by atoms with E-state index in [1.165, 1.54) is 6.42 Å². The molecule has 0 radical (unpaired) electrons. The first-order valence-corrected chi connectivity index (χ1v) is 11.9. The van der Waals surface area contributed by atoms with Crippen molar-refractivity contribution in [3.05, 3.63) is 61.6 Å². The Morgan fingerprint density at radius 2 is 1.83 bits per heavy atom. The number of hydrogen-bond donors (Lipinski definition) is 1. The van der Waals surface area contributed by atoms with Crippen molar-refractivity contribution >= 4 is 63.1 Å². The number of halogens is 3. The maximum atomic E-state index is 13.1. The molecular weight excluding hydrogens is 534 g/mol. The van der Waals surface area contributed by atoms with Crippen LogP contribution in [0.15, 0.2) is 47.6 Å². The second kappa shape index (κ2) is 9.02. The molecule has 2 aromatic carbocycles. The van der Waals surface area contributed by atoms with Gasteiger partial charge in [-0.25, -0.2) is 4.59 Å². The molecule has 5 nitrogen and oxygen atoms in total. The zero-order valence-corrected chi connectivity index (χ0v) is 20.4. The van der Waals surface area contributed by atoms with Gasteiger partial charge in [0.1, 0.15) is 18.8 Å². The van der Waals surface area contributed by atoms with E-state index in [0.717, 1.165) is 40.8 Å². The first-order valence-electron chi connectivity index (χ1n) is 10.1. The van der Waals surface area contributed by atoms with Crippen molar-refractivity contribution in [1.29, 1.82) is 0 Å². The Bertz CT molecular complexity index is 974. The number of anilines is 1. The van der Waals surface area contributed by atoms with Crippen LogP contribution >= 0.6 is 45.8 Å². The number of amides is 1. The normalized spacial score (nSPS) is 20.7. The lowest BCUT2D eigenvalue weighted by Crippen LogP contribution is -2.60. The number of quaternary nitrogens is 1. The Morgan fingerprint density at radius 3 is 2.50 bits per heavy atom. The summed E-state index contributed by atoms with van der Waals surface area (Å²) in [7, 11) is 2.08. The highest BCUT2D eigenvalue weighted by Gasteiger charge is 2.36. The maximum Gasteiger partial charge on any atom is 0.312 e. The van der Waals surface area contributed by atoms with Crippen LogP contribution in [0, 0.1) is 3.57 Å². The summed E-state index contributed by atoms with van der Waals surface area (Å²) < 4.78 is 1.72. The van der Waals surface area contributed by atoms with Crippen molar-refractivity contribution in [2.24, 2.45) is 5.10 Å². The molecule has 158 valence electrons. The average Bonchev–Trinajstić information content (AvgIpc) is 3.14. The van der Waals surface area contributed by atoms with Crippen molar-refractivity contribution < 1.29 is 9.39 Å². The van der Waals surface area contributed by atoms with E-state index in [1.54, 1.807) is 12.1 Å². The summed E-state index contributed by atoms with van der Waals surface area (Å²) in [6, 6.07) is 13.5. The molecule has 1 unspecified atom stereocenters. The molecule has 1 amide bonds. The fourth-order valence-electron chi connectivity index (χ4n) is 4.11. The Morgan fingerprint density at radius 1 is 1.13 bits per heavy atom. The quantitative estimate of drug-likeness (QED) is 0.395. The van der Waals surface area contributed by atoms with Crippen LogP contribution in [0.5, 0.6) is 0 Å². The minimum absolute atomic E-state index is 0.104. The molecular formula is C22H24Cl2IN4O+. The van der Waals surface area contributed by atoms with E-state index in [-0.39, 0.29) is 11.9 Å². The van der Waals surface area contributed by atoms with Gasteiger partial charge in [0.15, 0.2) is 0 Å². The summed E-state index contributed by atoms with van der Waals surface area (Å²) >= 11 is 14.9. The predicted octanol–water partition coefficient (Wildman–Crippen LogP) is 5.57. The van der Waals surface area contributed by atoms with Gasteiger partial charge in [0.25, 0.3) is 0 Å². The van der Waals surface area contributed by atoms with Crippen LogP contribution in [0.4, 0.5) is 5.69 Å². The van der Waals surface area contributed by atoms with Crippen LogP contribution in [-0.4, -0.2) is 36.3 Å². The fourth-order valence-corrected chi connectivity index (χ4v) is 4.97. The van der Waals surface area contributed by atoms with Crippen molar-refractivity contribution in [3.63, 3.8) is 0 Å². The highest BCUT2D eigenvalue weighted by molar-refractivity contribution is 14.1. The Hall–Kier alpha value is -1.35. The Labute approximate surface area is 200 Å². The van der Waals surface area contributed by atoms with Crippen molar-refractivity contribution in [3.8, 4) is 0 Å². The number of rotatable bonds is 4. The van der Waals surface area contributed by atoms with E-state index in [1.807, 2.05) is 11.1 Å². The predicted molar refractivity (Wildman–Crippen MR) is 131 cm³/mol. The van der Waals surface area contributed by atoms with E-state index in [4.69, 9.17) is 28.3 Å². The van der Waals surface area contributed by atoms with Crippen LogP contribution < -0.4 is 10.4 Å². The molecule has 0 aromatic heterocycles. The van der Waals surface area contributed by atoms with Gasteiger partial charge in [-0.15, -0.1) is 0 Å². The second-order valence-corrected chi connectivity index (χ2v) is 10.2. The van der Waals surface area contributed by atoms with Gasteiger partial charge in [0.2, 0.25) is 0 Å². The molecule has 1 fully saturated rings. The molecule has 0 spiro atoms. The van der Waals surface area contributed by atoms with Gasteiger partial charge >= 0.3 is 5.91 Å². The largest absolute Gasteiger partial charge is 0.312 e. The van der Waals surface area contributed by atoms with Crippen molar-refractivity contribution in [2.75, 3.05) is 25.1 Å². The van der Waals surface area contributed by atoms with E-state index < -0.39 is 0 Å². The SMILES string of the molecule is C[N+]1(NC(=O)C2=NN(c3ccc(Cl)cc3Cl)C(c3ccc(I)cc3)C2)CCCCC1. The van der Waals surface area contributed by atoms with E-state index in [2.05, 4.69) is 59.3 Å². The number of likely N-dealkylation sites (tertiary alicyclic amines) is 1. The molecule has 8 heteroatoms. The minimum atomic E-state index is -0.109. The minimum Gasteiger partial charge on any atom is -0.263 e. The smallest absolute Gasteiger partial charge is 0.263 e. The van der Waals surface area contributed by atoms with Gasteiger partial charge in [0.05, 0.1) is 23.8 Å². The van der Waals surface area contributed by atoms with E-state index in [0.29, 0.717) is 26.8 Å². The molecule has 2 aliphatic rings. The topological polar surface area (TPSA) is 44.7 Å². The van der Waals surface area contributed by atoms with Crippen LogP contribution in [-0.2, 0) is 4.79 Å². The molecule has 4 rings (SSSR count). The number of carbonyl (C=O) groups is 1. The standard InChI is InChI=1S/C22H23Cl2IN4O/c1-29(11-3-2-4-12-29)27-22(30)19-14-21(15-5-8-17(25)9-6-15)28(26-19)20-10-7-16(23)13-18(20)24/h5-10,13,21H,2-4,11-12,14H2,1H3/p+1. The summed E-state index contributed by atoms with van der Waals surface area (Å²) in [5.74, 6) is -0.109. The second-order valence-electron chi connectivity index (χ2n) is 8.10. The van der Waals surface area contributed by atoms with Gasteiger partial charge in [0, 0.05) is 15.0 Å². The molecule has 0 bridgehead atoms. The monoisotopic (exact) mass is 557 g/mol.